The number of thioether (sulfide) groups is 1. The van der Waals surface area contributed by atoms with Gasteiger partial charge < -0.3 is 9.84 Å². The van der Waals surface area contributed by atoms with Crippen molar-refractivity contribution in [1.29, 1.82) is 0 Å². The zero-order chi connectivity index (χ0) is 32.6. The van der Waals surface area contributed by atoms with E-state index >= 15 is 8.78 Å². The second-order valence-corrected chi connectivity index (χ2v) is 16.0. The van der Waals surface area contributed by atoms with Crippen molar-refractivity contribution in [3.63, 3.8) is 0 Å². The third kappa shape index (κ3) is 4.43. The van der Waals surface area contributed by atoms with Crippen molar-refractivity contribution in [1.82, 2.24) is 0 Å². The third-order valence-electron chi connectivity index (χ3n) is 11.1. The van der Waals surface area contributed by atoms with Gasteiger partial charge in [-0.2, -0.15) is 0 Å². The Morgan fingerprint density at radius 2 is 1.73 bits per heavy atom. The summed E-state index contributed by atoms with van der Waals surface area (Å²) in [5.74, 6) is -4.22. The molecule has 0 heterocycles. The Bertz CT molecular complexity index is 1450. The normalized spacial score (nSPS) is 39.7. The Morgan fingerprint density at radius 3 is 2.34 bits per heavy atom. The SMILES string of the molecule is CC(C)C(=O)O[C@]1(C(=O)SC(C)(C)C(=O)c2ccccc2)[C@H](C)C[C@H]2[C@@H]3C[C@H](F)C4=CC(=O)C=C[C@]4(C)[C@@]3(F)[C@@H](O)C[C@@]21C. The van der Waals surface area contributed by atoms with E-state index in [1.807, 2.05) is 0 Å². The fraction of sp³-hybridized carbons (Fsp3) is 0.600. The average molecular weight is 629 g/mol. The molecule has 6 nitrogen and oxygen atoms in total. The van der Waals surface area contributed by atoms with Crippen molar-refractivity contribution in [2.75, 3.05) is 0 Å². The molecule has 0 radical (unpaired) electrons. The van der Waals surface area contributed by atoms with Crippen molar-refractivity contribution in [3.8, 4) is 0 Å². The summed E-state index contributed by atoms with van der Waals surface area (Å²) in [5, 5.41) is 11.2. The summed E-state index contributed by atoms with van der Waals surface area (Å²) in [6.45, 7) is 11.6. The Labute approximate surface area is 262 Å². The zero-order valence-electron chi connectivity index (χ0n) is 26.4. The number of carbonyl (C=O) groups excluding carboxylic acids is 4. The molecule has 5 rings (SSSR count). The lowest BCUT2D eigenvalue weighted by atomic mass is 9.44. The van der Waals surface area contributed by atoms with Crippen LogP contribution < -0.4 is 0 Å². The number of allylic oxidation sites excluding steroid dienone is 4. The van der Waals surface area contributed by atoms with Crippen LogP contribution in [-0.4, -0.2) is 56.1 Å². The first-order chi connectivity index (χ1) is 20.4. The van der Waals surface area contributed by atoms with Crippen LogP contribution in [0, 0.1) is 34.5 Å². The summed E-state index contributed by atoms with van der Waals surface area (Å²) in [6, 6.07) is 8.60. The summed E-state index contributed by atoms with van der Waals surface area (Å²) >= 11 is 0.788. The maximum Gasteiger partial charge on any atom is 0.309 e. The van der Waals surface area contributed by atoms with Gasteiger partial charge in [0.1, 0.15) is 6.17 Å². The van der Waals surface area contributed by atoms with Gasteiger partial charge in [-0.1, -0.05) is 75.9 Å². The zero-order valence-corrected chi connectivity index (χ0v) is 27.2. The molecule has 238 valence electrons. The maximum absolute atomic E-state index is 17.7. The van der Waals surface area contributed by atoms with Gasteiger partial charge in [0.2, 0.25) is 5.12 Å². The number of fused-ring (bicyclic) bond motifs is 5. The summed E-state index contributed by atoms with van der Waals surface area (Å²) in [5.41, 5.74) is -6.56. The first-order valence-electron chi connectivity index (χ1n) is 15.4. The molecule has 4 aliphatic carbocycles. The van der Waals surface area contributed by atoms with Crippen LogP contribution in [0.2, 0.25) is 0 Å². The number of rotatable bonds is 6. The van der Waals surface area contributed by atoms with Gasteiger partial charge in [0.15, 0.2) is 22.8 Å². The van der Waals surface area contributed by atoms with Crippen molar-refractivity contribution in [3.05, 3.63) is 59.7 Å². The highest BCUT2D eigenvalue weighted by Crippen LogP contribution is 2.72. The Kier molecular flexibility index (Phi) is 7.97. The fourth-order valence-electron chi connectivity index (χ4n) is 8.79. The van der Waals surface area contributed by atoms with Crippen molar-refractivity contribution in [2.45, 2.75) is 96.0 Å². The van der Waals surface area contributed by atoms with E-state index in [0.29, 0.717) is 5.56 Å². The van der Waals surface area contributed by atoms with E-state index in [1.54, 1.807) is 71.9 Å². The summed E-state index contributed by atoms with van der Waals surface area (Å²) in [4.78, 5) is 53.8. The number of benzene rings is 1. The summed E-state index contributed by atoms with van der Waals surface area (Å²) in [6.07, 6.45) is 0.171. The van der Waals surface area contributed by atoms with Gasteiger partial charge in [0.05, 0.1) is 16.8 Å². The molecule has 1 aromatic rings. The summed E-state index contributed by atoms with van der Waals surface area (Å²) < 4.78 is 38.6. The number of halogens is 2. The number of aliphatic hydroxyl groups excluding tert-OH is 1. The van der Waals surface area contributed by atoms with Gasteiger partial charge in [0.25, 0.3) is 0 Å². The first-order valence-corrected chi connectivity index (χ1v) is 16.2. The minimum Gasteiger partial charge on any atom is -0.449 e. The lowest BCUT2D eigenvalue weighted by molar-refractivity contribution is -0.229. The Morgan fingerprint density at radius 1 is 1.09 bits per heavy atom. The Balaban J connectivity index is 1.61. The number of hydrogen-bond donors (Lipinski definition) is 1. The lowest BCUT2D eigenvalue weighted by Gasteiger charge is -2.63. The lowest BCUT2D eigenvalue weighted by Crippen LogP contribution is -2.71. The van der Waals surface area contributed by atoms with Gasteiger partial charge in [-0.3, -0.25) is 19.2 Å². The van der Waals surface area contributed by atoms with E-state index in [9.17, 15) is 24.3 Å². The first kappa shape index (κ1) is 32.7. The second kappa shape index (κ2) is 10.7. The van der Waals surface area contributed by atoms with E-state index in [2.05, 4.69) is 0 Å². The van der Waals surface area contributed by atoms with Gasteiger partial charge in [-0.05, 0) is 63.7 Å². The molecule has 3 saturated carbocycles. The van der Waals surface area contributed by atoms with Crippen molar-refractivity contribution >= 4 is 34.4 Å². The van der Waals surface area contributed by atoms with E-state index < -0.39 is 79.7 Å². The number of Topliss-reactive ketones (excluding diaryl/α,β-unsaturated/α-hetero) is 1. The molecule has 3 fully saturated rings. The highest BCUT2D eigenvalue weighted by molar-refractivity contribution is 8.15. The quantitative estimate of drug-likeness (QED) is 0.287. The van der Waals surface area contributed by atoms with E-state index in [1.165, 1.54) is 19.1 Å². The molecule has 0 saturated heterocycles. The number of ether oxygens (including phenoxy) is 1. The van der Waals surface area contributed by atoms with Crippen LogP contribution in [0.25, 0.3) is 0 Å². The highest BCUT2D eigenvalue weighted by atomic mass is 32.2. The van der Waals surface area contributed by atoms with Crippen LogP contribution in [0.15, 0.2) is 54.1 Å². The number of aliphatic hydroxyl groups is 1. The molecule has 1 aromatic carbocycles. The predicted molar refractivity (Wildman–Crippen MR) is 164 cm³/mol. The minimum atomic E-state index is -2.33. The predicted octanol–water partition coefficient (Wildman–Crippen LogP) is 6.41. The van der Waals surface area contributed by atoms with E-state index in [4.69, 9.17) is 4.74 Å². The van der Waals surface area contributed by atoms with Gasteiger partial charge in [-0.15, -0.1) is 0 Å². The molecule has 0 aliphatic heterocycles. The molecule has 0 amide bonds. The molecule has 1 N–H and O–H groups in total. The standard InChI is InChI=1S/C35H42F2O6S/c1-19(2)29(41)43-35(30(42)44-31(4,5)28(40)21-11-9-8-10-12-21)20(3)15-23-24-17-26(36)25-16-22(38)13-14-32(25,6)34(24,37)27(39)18-33(23,35)7/h8-14,16,19-20,23-24,26-27,39H,15,17-18H2,1-7H3/t20-,23+,24+,26+,27+,32+,33+,34+,35+/m1/s1. The van der Waals surface area contributed by atoms with Crippen molar-refractivity contribution in [2.24, 2.45) is 34.5 Å². The molecule has 9 heteroatoms. The second-order valence-electron chi connectivity index (χ2n) is 14.4. The molecular formula is C35H42F2O6S. The monoisotopic (exact) mass is 628 g/mol. The fourth-order valence-corrected chi connectivity index (χ4v) is 10.1. The van der Waals surface area contributed by atoms with Crippen LogP contribution in [0.1, 0.15) is 78.1 Å². The van der Waals surface area contributed by atoms with E-state index in [-0.39, 0.29) is 30.6 Å². The van der Waals surface area contributed by atoms with Gasteiger partial charge in [-0.25, -0.2) is 8.78 Å². The number of carbonyl (C=O) groups is 4. The molecule has 0 unspecified atom stereocenters. The molecule has 0 spiro atoms. The van der Waals surface area contributed by atoms with Crippen molar-refractivity contribution < 1.29 is 37.8 Å². The summed E-state index contributed by atoms with van der Waals surface area (Å²) in [7, 11) is 0. The van der Waals surface area contributed by atoms with E-state index in [0.717, 1.165) is 17.8 Å². The number of alkyl halides is 2. The molecule has 9 atom stereocenters. The molecule has 4 aliphatic rings. The topological polar surface area (TPSA) is 97.7 Å². The molecule has 0 bridgehead atoms. The molecular weight excluding hydrogens is 586 g/mol. The number of ketones is 2. The minimum absolute atomic E-state index is 0.0164. The van der Waals surface area contributed by atoms with Crippen LogP contribution in [0.5, 0.6) is 0 Å². The maximum atomic E-state index is 17.7. The van der Waals surface area contributed by atoms with Crippen LogP contribution in [0.4, 0.5) is 8.78 Å². The molecule has 44 heavy (non-hydrogen) atoms. The van der Waals surface area contributed by atoms with Gasteiger partial charge in [0, 0.05) is 28.2 Å². The third-order valence-corrected chi connectivity index (χ3v) is 12.3. The van der Waals surface area contributed by atoms with Crippen LogP contribution in [0.3, 0.4) is 0 Å². The van der Waals surface area contributed by atoms with Crippen LogP contribution in [-0.2, 0) is 19.1 Å². The number of hydrogen-bond acceptors (Lipinski definition) is 7. The number of esters is 1. The largest absolute Gasteiger partial charge is 0.449 e. The Hall–Kier alpha value is -2.65. The average Bonchev–Trinajstić information content (AvgIpc) is 3.17. The smallest absolute Gasteiger partial charge is 0.309 e. The van der Waals surface area contributed by atoms with Crippen LogP contribution >= 0.6 is 11.8 Å². The molecule has 0 aromatic heterocycles. The highest BCUT2D eigenvalue weighted by Gasteiger charge is 2.78. The van der Waals surface area contributed by atoms with Gasteiger partial charge >= 0.3 is 5.97 Å².